The average Bonchev–Trinajstić information content (AvgIpc) is 2.84. The summed E-state index contributed by atoms with van der Waals surface area (Å²) in [6.45, 7) is 2.15. The van der Waals surface area contributed by atoms with Gasteiger partial charge in [0, 0.05) is 0 Å². The first-order valence-corrected chi connectivity index (χ1v) is 7.93. The number of aliphatic carboxylic acids is 1. The molecule has 1 unspecified atom stereocenters. The monoisotopic (exact) mass is 292 g/mol. The summed E-state index contributed by atoms with van der Waals surface area (Å²) in [6.07, 6.45) is 5.08. The van der Waals surface area contributed by atoms with Crippen LogP contribution in [0.4, 0.5) is 0 Å². The third kappa shape index (κ3) is 4.00. The third-order valence-electron chi connectivity index (χ3n) is 3.22. The Morgan fingerprint density at radius 1 is 1.35 bits per heavy atom. The second kappa shape index (κ2) is 7.33. The number of hydrogen-bond donors (Lipinski definition) is 2. The smallest absolute Gasteiger partial charge is 0.317 e. The van der Waals surface area contributed by atoms with Gasteiger partial charge < -0.3 is 10.1 Å². The van der Waals surface area contributed by atoms with Gasteiger partial charge in [-0.15, -0.1) is 0 Å². The summed E-state index contributed by atoms with van der Waals surface area (Å²) in [5.74, 6) is -0.757. The lowest BCUT2D eigenvalue weighted by Crippen LogP contribution is -2.16. The van der Waals surface area contributed by atoms with Gasteiger partial charge in [0.2, 0.25) is 0 Å². The third-order valence-corrected chi connectivity index (χ3v) is 4.36. The number of hydrogen-bond acceptors (Lipinski definition) is 3. The maximum atomic E-state index is 11.3. The first kappa shape index (κ1) is 14.9. The molecule has 0 saturated heterocycles. The first-order valence-electron chi connectivity index (χ1n) is 7.05. The molecule has 0 aliphatic carbocycles. The number of nitrogens with zero attached hydrogens (tertiary/aromatic N) is 1. The van der Waals surface area contributed by atoms with Crippen LogP contribution in [0.15, 0.2) is 29.4 Å². The van der Waals surface area contributed by atoms with Crippen molar-refractivity contribution in [3.05, 3.63) is 24.3 Å². The van der Waals surface area contributed by atoms with E-state index in [0.717, 1.165) is 30.3 Å². The highest BCUT2D eigenvalue weighted by Gasteiger charge is 2.20. The van der Waals surface area contributed by atoms with Gasteiger partial charge >= 0.3 is 5.97 Å². The van der Waals surface area contributed by atoms with E-state index in [9.17, 15) is 9.90 Å². The second-order valence-electron chi connectivity index (χ2n) is 4.85. The lowest BCUT2D eigenvalue weighted by atomic mass is 10.1. The van der Waals surface area contributed by atoms with Crippen LogP contribution in [0.25, 0.3) is 11.0 Å². The number of carboxylic acids is 1. The maximum absolute atomic E-state index is 11.3. The molecule has 5 heteroatoms. The van der Waals surface area contributed by atoms with Crippen LogP contribution in [-0.2, 0) is 4.79 Å². The van der Waals surface area contributed by atoms with Crippen LogP contribution in [0, 0.1) is 0 Å². The number of H-pyrrole nitrogens is 1. The standard InChI is InChI=1S/C15H20N2O2S/c1-2-3-4-5-10-13(14(18)19)20-15-16-11-8-6-7-9-12(11)17-15/h6-9,13H,2-5,10H2,1H3,(H,16,17)(H,18,19). The van der Waals surface area contributed by atoms with Gasteiger partial charge in [0.05, 0.1) is 11.0 Å². The van der Waals surface area contributed by atoms with E-state index in [-0.39, 0.29) is 0 Å². The number of aromatic amines is 1. The number of rotatable bonds is 8. The molecule has 0 radical (unpaired) electrons. The van der Waals surface area contributed by atoms with Crippen molar-refractivity contribution in [2.45, 2.75) is 49.4 Å². The summed E-state index contributed by atoms with van der Waals surface area (Å²) in [5, 5.41) is 9.57. The van der Waals surface area contributed by atoms with Crippen molar-refractivity contribution < 1.29 is 9.90 Å². The van der Waals surface area contributed by atoms with Gasteiger partial charge in [-0.3, -0.25) is 4.79 Å². The van der Waals surface area contributed by atoms with Gasteiger partial charge in [0.1, 0.15) is 5.25 Å². The van der Waals surface area contributed by atoms with Crippen LogP contribution in [0.2, 0.25) is 0 Å². The number of thioether (sulfide) groups is 1. The zero-order valence-corrected chi connectivity index (χ0v) is 12.4. The largest absolute Gasteiger partial charge is 0.480 e. The molecule has 2 aromatic rings. The minimum atomic E-state index is -0.757. The van der Waals surface area contributed by atoms with E-state index >= 15 is 0 Å². The predicted molar refractivity (Wildman–Crippen MR) is 82.1 cm³/mol. The van der Waals surface area contributed by atoms with Crippen LogP contribution in [0.1, 0.15) is 39.0 Å². The molecular formula is C15H20N2O2S. The number of para-hydroxylation sites is 2. The van der Waals surface area contributed by atoms with Crippen LogP contribution in [0.3, 0.4) is 0 Å². The topological polar surface area (TPSA) is 66.0 Å². The summed E-state index contributed by atoms with van der Waals surface area (Å²) in [6, 6.07) is 7.74. The summed E-state index contributed by atoms with van der Waals surface area (Å²) in [7, 11) is 0. The lowest BCUT2D eigenvalue weighted by Gasteiger charge is -2.09. The Labute approximate surface area is 123 Å². The van der Waals surface area contributed by atoms with Gasteiger partial charge in [-0.05, 0) is 18.6 Å². The quantitative estimate of drug-likeness (QED) is 0.568. The van der Waals surface area contributed by atoms with Crippen molar-refractivity contribution in [1.29, 1.82) is 0 Å². The molecule has 0 spiro atoms. The molecule has 2 rings (SSSR count). The molecule has 1 aromatic carbocycles. The zero-order chi connectivity index (χ0) is 14.4. The normalized spacial score (nSPS) is 12.7. The van der Waals surface area contributed by atoms with Crippen LogP contribution >= 0.6 is 11.8 Å². The number of benzene rings is 1. The van der Waals surface area contributed by atoms with Crippen molar-refractivity contribution >= 4 is 28.8 Å². The zero-order valence-electron chi connectivity index (χ0n) is 11.6. The Kier molecular flexibility index (Phi) is 5.47. The summed E-state index contributed by atoms with van der Waals surface area (Å²) < 4.78 is 0. The molecule has 0 aliphatic heterocycles. The lowest BCUT2D eigenvalue weighted by molar-refractivity contribution is -0.136. The van der Waals surface area contributed by atoms with E-state index in [4.69, 9.17) is 0 Å². The molecule has 0 fully saturated rings. The molecule has 1 aromatic heterocycles. The maximum Gasteiger partial charge on any atom is 0.317 e. The molecule has 0 aliphatic rings. The van der Waals surface area contributed by atoms with Gasteiger partial charge in [-0.2, -0.15) is 0 Å². The summed E-state index contributed by atoms with van der Waals surface area (Å²) in [5.41, 5.74) is 1.83. The van der Waals surface area contributed by atoms with Crippen molar-refractivity contribution in [3.8, 4) is 0 Å². The van der Waals surface area contributed by atoms with Crippen LogP contribution in [-0.4, -0.2) is 26.3 Å². The minimum absolute atomic E-state index is 0.424. The van der Waals surface area contributed by atoms with E-state index in [0.29, 0.717) is 11.6 Å². The van der Waals surface area contributed by atoms with Crippen LogP contribution in [0.5, 0.6) is 0 Å². The number of nitrogens with one attached hydrogen (secondary N) is 1. The number of fused-ring (bicyclic) bond motifs is 1. The fraction of sp³-hybridized carbons (Fsp3) is 0.467. The Bertz CT molecular complexity index is 535. The highest BCUT2D eigenvalue weighted by Crippen LogP contribution is 2.27. The van der Waals surface area contributed by atoms with E-state index in [2.05, 4.69) is 16.9 Å². The van der Waals surface area contributed by atoms with Crippen molar-refractivity contribution in [2.24, 2.45) is 0 Å². The van der Waals surface area contributed by atoms with E-state index in [1.165, 1.54) is 18.2 Å². The number of unbranched alkanes of at least 4 members (excludes halogenated alkanes) is 3. The molecule has 0 amide bonds. The molecular weight excluding hydrogens is 272 g/mol. The Morgan fingerprint density at radius 2 is 2.15 bits per heavy atom. The van der Waals surface area contributed by atoms with Gasteiger partial charge in [-0.25, -0.2) is 4.98 Å². The second-order valence-corrected chi connectivity index (χ2v) is 6.04. The fourth-order valence-corrected chi connectivity index (χ4v) is 3.08. The van der Waals surface area contributed by atoms with Gasteiger partial charge in [0.15, 0.2) is 5.16 Å². The fourth-order valence-electron chi connectivity index (χ4n) is 2.11. The molecule has 1 heterocycles. The van der Waals surface area contributed by atoms with E-state index in [1.807, 2.05) is 24.3 Å². The van der Waals surface area contributed by atoms with Gasteiger partial charge in [0.25, 0.3) is 0 Å². The molecule has 0 saturated carbocycles. The average molecular weight is 292 g/mol. The molecule has 20 heavy (non-hydrogen) atoms. The summed E-state index contributed by atoms with van der Waals surface area (Å²) in [4.78, 5) is 18.9. The number of carboxylic acid groups (broad SMARTS) is 1. The highest BCUT2D eigenvalue weighted by molar-refractivity contribution is 8.00. The summed E-state index contributed by atoms with van der Waals surface area (Å²) >= 11 is 1.31. The highest BCUT2D eigenvalue weighted by atomic mass is 32.2. The van der Waals surface area contributed by atoms with E-state index in [1.54, 1.807) is 0 Å². The predicted octanol–water partition coefficient (Wildman–Crippen LogP) is 4.08. The Hall–Kier alpha value is -1.49. The number of carbonyl (C=O) groups is 1. The van der Waals surface area contributed by atoms with Gasteiger partial charge in [-0.1, -0.05) is 56.5 Å². The van der Waals surface area contributed by atoms with Crippen molar-refractivity contribution in [3.63, 3.8) is 0 Å². The SMILES string of the molecule is CCCCCCC(Sc1nc2ccccc2[nH]1)C(=O)O. The van der Waals surface area contributed by atoms with Crippen molar-refractivity contribution in [2.75, 3.05) is 0 Å². The Balaban J connectivity index is 1.98. The number of imidazole rings is 1. The number of aromatic nitrogens is 2. The minimum Gasteiger partial charge on any atom is -0.480 e. The Morgan fingerprint density at radius 3 is 2.85 bits per heavy atom. The van der Waals surface area contributed by atoms with E-state index < -0.39 is 11.2 Å². The van der Waals surface area contributed by atoms with Crippen LogP contribution < -0.4 is 0 Å². The molecule has 4 nitrogen and oxygen atoms in total. The molecule has 0 bridgehead atoms. The first-order chi connectivity index (χ1) is 9.70. The molecule has 2 N–H and O–H groups in total. The molecule has 108 valence electrons. The molecule has 1 atom stereocenters. The van der Waals surface area contributed by atoms with Crippen molar-refractivity contribution in [1.82, 2.24) is 9.97 Å².